The van der Waals surface area contributed by atoms with Gasteiger partial charge in [-0.3, -0.25) is 0 Å². The molecule has 1 aliphatic carbocycles. The largest absolute Gasteiger partial charge is 0.316 e. The molecule has 1 atom stereocenters. The van der Waals surface area contributed by atoms with Gasteiger partial charge in [0.05, 0.1) is 0 Å². The highest BCUT2D eigenvalue weighted by atomic mass is 14.9. The van der Waals surface area contributed by atoms with Crippen LogP contribution in [0.25, 0.3) is 0 Å². The molecule has 88 valence electrons. The fraction of sp³-hybridized carbons (Fsp3) is 1.00. The Kier molecular flexibility index (Phi) is 4.98. The van der Waals surface area contributed by atoms with E-state index in [9.17, 15) is 0 Å². The van der Waals surface area contributed by atoms with Crippen molar-refractivity contribution in [2.75, 3.05) is 13.1 Å². The summed E-state index contributed by atoms with van der Waals surface area (Å²) in [5.74, 6) is 2.07. The van der Waals surface area contributed by atoms with Gasteiger partial charge in [-0.2, -0.15) is 0 Å². The minimum atomic E-state index is 1.00. The molecule has 0 aromatic heterocycles. The fourth-order valence-electron chi connectivity index (χ4n) is 3.37. The van der Waals surface area contributed by atoms with Crippen LogP contribution < -0.4 is 5.32 Å². The number of piperidine rings is 1. The third-order valence-electron chi connectivity index (χ3n) is 4.29. The predicted molar refractivity (Wildman–Crippen MR) is 66.0 cm³/mol. The van der Waals surface area contributed by atoms with Crippen molar-refractivity contribution in [1.29, 1.82) is 0 Å². The van der Waals surface area contributed by atoms with Crippen LogP contribution in [0.1, 0.15) is 64.2 Å². The van der Waals surface area contributed by atoms with Gasteiger partial charge in [0.2, 0.25) is 0 Å². The Morgan fingerprint density at radius 1 is 0.733 bits per heavy atom. The first-order chi connectivity index (χ1) is 7.45. The molecule has 0 spiro atoms. The van der Waals surface area contributed by atoms with Gasteiger partial charge in [0.1, 0.15) is 0 Å². The molecule has 0 aromatic carbocycles. The third-order valence-corrected chi connectivity index (χ3v) is 4.29. The molecule has 0 bridgehead atoms. The summed E-state index contributed by atoms with van der Waals surface area (Å²) in [4.78, 5) is 0. The van der Waals surface area contributed by atoms with Crippen LogP contribution in [0.4, 0.5) is 0 Å². The molecule has 1 heterocycles. The molecule has 1 heteroatoms. The van der Waals surface area contributed by atoms with Crippen molar-refractivity contribution in [3.05, 3.63) is 0 Å². The molecule has 1 nitrogen and oxygen atoms in total. The van der Waals surface area contributed by atoms with E-state index < -0.39 is 0 Å². The highest BCUT2D eigenvalue weighted by Gasteiger charge is 2.19. The van der Waals surface area contributed by atoms with E-state index in [1.165, 1.54) is 77.3 Å². The van der Waals surface area contributed by atoms with Gasteiger partial charge >= 0.3 is 0 Å². The smallest absolute Gasteiger partial charge is 0.00204 e. The van der Waals surface area contributed by atoms with Crippen LogP contribution in [-0.4, -0.2) is 13.1 Å². The summed E-state index contributed by atoms with van der Waals surface area (Å²) in [6.07, 6.45) is 15.0. The summed E-state index contributed by atoms with van der Waals surface area (Å²) in [6.45, 7) is 2.57. The molecule has 0 amide bonds. The van der Waals surface area contributed by atoms with E-state index in [1.54, 1.807) is 0 Å². The molecule has 1 aliphatic heterocycles. The van der Waals surface area contributed by atoms with E-state index in [0.717, 1.165) is 11.8 Å². The SMILES string of the molecule is C1CCCC(C[C@H]2CCCNC2)CCC1. The topological polar surface area (TPSA) is 12.0 Å². The van der Waals surface area contributed by atoms with Crippen LogP contribution in [0.15, 0.2) is 0 Å². The predicted octanol–water partition coefficient (Wildman–Crippen LogP) is 3.74. The van der Waals surface area contributed by atoms with Crippen LogP contribution in [0.2, 0.25) is 0 Å². The number of hydrogen-bond acceptors (Lipinski definition) is 1. The zero-order chi connectivity index (χ0) is 10.3. The number of rotatable bonds is 2. The van der Waals surface area contributed by atoms with E-state index in [4.69, 9.17) is 0 Å². The van der Waals surface area contributed by atoms with Crippen molar-refractivity contribution in [1.82, 2.24) is 5.32 Å². The van der Waals surface area contributed by atoms with Crippen LogP contribution >= 0.6 is 0 Å². The molecule has 15 heavy (non-hydrogen) atoms. The summed E-state index contributed by atoms with van der Waals surface area (Å²) in [5, 5.41) is 3.55. The van der Waals surface area contributed by atoms with Gasteiger partial charge in [-0.15, -0.1) is 0 Å². The van der Waals surface area contributed by atoms with E-state index in [1.807, 2.05) is 0 Å². The monoisotopic (exact) mass is 209 g/mol. The summed E-state index contributed by atoms with van der Waals surface area (Å²) in [5.41, 5.74) is 0. The molecular formula is C14H27N. The lowest BCUT2D eigenvalue weighted by Gasteiger charge is -2.28. The lowest BCUT2D eigenvalue weighted by atomic mass is 9.82. The number of hydrogen-bond donors (Lipinski definition) is 1. The Morgan fingerprint density at radius 2 is 1.40 bits per heavy atom. The Balaban J connectivity index is 1.70. The van der Waals surface area contributed by atoms with Gasteiger partial charge in [0, 0.05) is 0 Å². The summed E-state index contributed by atoms with van der Waals surface area (Å²) in [6, 6.07) is 0. The lowest BCUT2D eigenvalue weighted by molar-refractivity contribution is 0.265. The van der Waals surface area contributed by atoms with Crippen molar-refractivity contribution in [3.8, 4) is 0 Å². The Bertz CT molecular complexity index is 153. The maximum Gasteiger partial charge on any atom is -0.00204 e. The summed E-state index contributed by atoms with van der Waals surface area (Å²) < 4.78 is 0. The maximum absolute atomic E-state index is 3.55. The van der Waals surface area contributed by atoms with Crippen LogP contribution in [0.3, 0.4) is 0 Å². The van der Waals surface area contributed by atoms with Crippen molar-refractivity contribution >= 4 is 0 Å². The van der Waals surface area contributed by atoms with Crippen molar-refractivity contribution in [2.45, 2.75) is 64.2 Å². The first-order valence-electron chi connectivity index (χ1n) is 7.16. The third kappa shape index (κ3) is 4.14. The van der Waals surface area contributed by atoms with E-state index in [0.29, 0.717) is 0 Å². The van der Waals surface area contributed by atoms with Crippen molar-refractivity contribution in [3.63, 3.8) is 0 Å². The van der Waals surface area contributed by atoms with Gasteiger partial charge in [-0.25, -0.2) is 0 Å². The van der Waals surface area contributed by atoms with Gasteiger partial charge in [0.15, 0.2) is 0 Å². The zero-order valence-electron chi connectivity index (χ0n) is 10.1. The molecule has 0 radical (unpaired) electrons. The first kappa shape index (κ1) is 11.4. The molecule has 2 aliphatic rings. The normalized spacial score (nSPS) is 30.8. The number of nitrogens with one attached hydrogen (secondary N) is 1. The zero-order valence-corrected chi connectivity index (χ0v) is 10.1. The second-order valence-electron chi connectivity index (χ2n) is 5.66. The standard InChI is InChI=1S/C14H27N/c1-2-4-7-13(8-5-3-1)11-14-9-6-10-15-12-14/h13-15H,1-12H2/t14-/m1/s1. The Labute approximate surface area is 95.0 Å². The van der Waals surface area contributed by atoms with E-state index in [2.05, 4.69) is 5.32 Å². The fourth-order valence-corrected chi connectivity index (χ4v) is 3.37. The highest BCUT2D eigenvalue weighted by molar-refractivity contribution is 4.74. The molecule has 0 aromatic rings. The van der Waals surface area contributed by atoms with Gasteiger partial charge < -0.3 is 5.32 Å². The maximum atomic E-state index is 3.55. The highest BCUT2D eigenvalue weighted by Crippen LogP contribution is 2.29. The van der Waals surface area contributed by atoms with Crippen molar-refractivity contribution < 1.29 is 0 Å². The first-order valence-corrected chi connectivity index (χ1v) is 7.16. The molecular weight excluding hydrogens is 182 g/mol. The Morgan fingerprint density at radius 3 is 2.07 bits per heavy atom. The van der Waals surface area contributed by atoms with E-state index >= 15 is 0 Å². The molecule has 1 saturated carbocycles. The molecule has 1 N–H and O–H groups in total. The average molecular weight is 209 g/mol. The second-order valence-corrected chi connectivity index (χ2v) is 5.66. The van der Waals surface area contributed by atoms with E-state index in [-0.39, 0.29) is 0 Å². The van der Waals surface area contributed by atoms with Gasteiger partial charge in [-0.05, 0) is 44.2 Å². The minimum absolute atomic E-state index is 1.00. The minimum Gasteiger partial charge on any atom is -0.316 e. The molecule has 2 rings (SSSR count). The van der Waals surface area contributed by atoms with Crippen LogP contribution in [0.5, 0.6) is 0 Å². The lowest BCUT2D eigenvalue weighted by Crippen LogP contribution is -2.31. The average Bonchev–Trinajstić information content (AvgIpc) is 2.23. The molecule has 2 fully saturated rings. The summed E-state index contributed by atoms with van der Waals surface area (Å²) in [7, 11) is 0. The Hall–Kier alpha value is -0.0400. The quantitative estimate of drug-likeness (QED) is 0.730. The van der Waals surface area contributed by atoms with Crippen LogP contribution in [0, 0.1) is 11.8 Å². The van der Waals surface area contributed by atoms with Gasteiger partial charge in [-0.1, -0.05) is 44.9 Å². The van der Waals surface area contributed by atoms with Gasteiger partial charge in [0.25, 0.3) is 0 Å². The molecule has 0 unspecified atom stereocenters. The second kappa shape index (κ2) is 6.52. The molecule has 1 saturated heterocycles. The van der Waals surface area contributed by atoms with Crippen LogP contribution in [-0.2, 0) is 0 Å². The van der Waals surface area contributed by atoms with Crippen molar-refractivity contribution in [2.24, 2.45) is 11.8 Å². The summed E-state index contributed by atoms with van der Waals surface area (Å²) >= 11 is 0.